The monoisotopic (exact) mass is 360 g/mol. The normalized spacial score (nSPS) is 20.0. The van der Waals surface area contributed by atoms with Crippen LogP contribution in [0.2, 0.25) is 0 Å². The molecule has 0 unspecified atom stereocenters. The van der Waals surface area contributed by atoms with Crippen LogP contribution in [0.25, 0.3) is 0 Å². The molecule has 1 saturated heterocycles. The van der Waals surface area contributed by atoms with Crippen LogP contribution in [0.4, 0.5) is 0 Å². The van der Waals surface area contributed by atoms with Crippen LogP contribution in [0, 0.1) is 0 Å². The van der Waals surface area contributed by atoms with Crippen LogP contribution < -0.4 is 10.1 Å². The first-order valence-corrected chi connectivity index (χ1v) is 9.03. The number of carbonyl (C=O) groups excluding carboxylic acids is 2. The molecule has 7 heteroatoms. The van der Waals surface area contributed by atoms with Crippen molar-refractivity contribution in [2.24, 2.45) is 0 Å². The molecule has 0 radical (unpaired) electrons. The van der Waals surface area contributed by atoms with E-state index in [2.05, 4.69) is 10.3 Å². The molecule has 0 spiro atoms. The minimum Gasteiger partial charge on any atom is -0.470 e. The lowest BCUT2D eigenvalue weighted by molar-refractivity contribution is -0.123. The van der Waals surface area contributed by atoms with E-state index in [0.717, 1.165) is 5.56 Å². The van der Waals surface area contributed by atoms with Crippen LogP contribution in [-0.2, 0) is 16.0 Å². The van der Waals surface area contributed by atoms with Crippen molar-refractivity contribution in [2.45, 2.75) is 31.9 Å². The molecule has 1 fully saturated rings. The Hall–Kier alpha value is -2.25. The second-order valence-electron chi connectivity index (χ2n) is 5.91. The predicted molar refractivity (Wildman–Crippen MR) is 94.0 cm³/mol. The number of carbonyl (C=O) groups is 2. The molecule has 0 saturated carbocycles. The molecule has 1 aliphatic rings. The van der Waals surface area contributed by atoms with Gasteiger partial charge in [0, 0.05) is 18.9 Å². The van der Waals surface area contributed by atoms with E-state index in [9.17, 15) is 9.59 Å². The van der Waals surface area contributed by atoms with Crippen molar-refractivity contribution in [2.75, 3.05) is 13.2 Å². The number of thiophene rings is 1. The van der Waals surface area contributed by atoms with E-state index in [1.54, 1.807) is 18.3 Å². The maximum atomic E-state index is 12.4. The quantitative estimate of drug-likeness (QED) is 0.800. The first-order valence-electron chi connectivity index (χ1n) is 8.15. The number of Topliss-reactive ketones (excluding diaryl/α,β-unsaturated/α-hetero) is 1. The van der Waals surface area contributed by atoms with Crippen LogP contribution in [0.15, 0.2) is 35.8 Å². The van der Waals surface area contributed by atoms with Crippen LogP contribution in [0.3, 0.4) is 0 Å². The summed E-state index contributed by atoms with van der Waals surface area (Å²) in [6, 6.07) is 7.09. The molecule has 1 N–H and O–H groups in total. The zero-order chi connectivity index (χ0) is 17.6. The molecule has 3 heterocycles. The molecule has 1 aliphatic heterocycles. The minimum absolute atomic E-state index is 0.0184. The molecule has 0 aromatic carbocycles. The number of rotatable bonds is 6. The highest BCUT2D eigenvalue weighted by Gasteiger charge is 2.29. The third kappa shape index (κ3) is 4.87. The van der Waals surface area contributed by atoms with Gasteiger partial charge in [0.2, 0.25) is 11.8 Å². The van der Waals surface area contributed by atoms with Gasteiger partial charge in [0.15, 0.2) is 5.78 Å². The Morgan fingerprint density at radius 1 is 1.44 bits per heavy atom. The summed E-state index contributed by atoms with van der Waals surface area (Å²) in [7, 11) is 0. The number of amides is 1. The lowest BCUT2D eigenvalue weighted by Gasteiger charge is -2.32. The fourth-order valence-electron chi connectivity index (χ4n) is 2.66. The zero-order valence-electron chi connectivity index (χ0n) is 13.9. The van der Waals surface area contributed by atoms with E-state index in [1.807, 2.05) is 17.5 Å². The first-order chi connectivity index (χ1) is 12.1. The molecule has 1 amide bonds. The maximum absolute atomic E-state index is 12.4. The molecular formula is C18H20N2O4S. The third-order valence-electron chi connectivity index (χ3n) is 3.93. The SMILES string of the molecule is CC(=O)c1cc(CC(=O)N[C@@H]2CCOC[C@H]2Oc2ccccn2)cs1. The summed E-state index contributed by atoms with van der Waals surface area (Å²) >= 11 is 1.37. The van der Waals surface area contributed by atoms with E-state index in [1.165, 1.54) is 18.3 Å². The topological polar surface area (TPSA) is 77.5 Å². The van der Waals surface area contributed by atoms with Gasteiger partial charge in [-0.15, -0.1) is 11.3 Å². The van der Waals surface area contributed by atoms with Gasteiger partial charge in [0.1, 0.15) is 6.10 Å². The maximum Gasteiger partial charge on any atom is 0.224 e. The molecule has 3 rings (SSSR count). The third-order valence-corrected chi connectivity index (χ3v) is 5.01. The second-order valence-corrected chi connectivity index (χ2v) is 6.83. The highest BCUT2D eigenvalue weighted by molar-refractivity contribution is 7.12. The highest BCUT2D eigenvalue weighted by atomic mass is 32.1. The molecule has 2 aromatic heterocycles. The van der Waals surface area contributed by atoms with Gasteiger partial charge in [-0.3, -0.25) is 9.59 Å². The summed E-state index contributed by atoms with van der Waals surface area (Å²) in [6.07, 6.45) is 2.32. The predicted octanol–water partition coefficient (Wildman–Crippen LogP) is 2.24. The highest BCUT2D eigenvalue weighted by Crippen LogP contribution is 2.18. The Morgan fingerprint density at radius 3 is 3.04 bits per heavy atom. The second kappa shape index (κ2) is 8.22. The van der Waals surface area contributed by atoms with Crippen LogP contribution in [0.5, 0.6) is 5.88 Å². The molecule has 132 valence electrons. The summed E-state index contributed by atoms with van der Waals surface area (Å²) in [6.45, 7) is 2.52. The Labute approximate surface area is 150 Å². The van der Waals surface area contributed by atoms with Crippen LogP contribution in [-0.4, -0.2) is 42.0 Å². The van der Waals surface area contributed by atoms with Crippen molar-refractivity contribution in [3.63, 3.8) is 0 Å². The minimum atomic E-state index is -0.275. The van der Waals surface area contributed by atoms with E-state index in [0.29, 0.717) is 30.4 Å². The van der Waals surface area contributed by atoms with E-state index in [4.69, 9.17) is 9.47 Å². The fourth-order valence-corrected chi connectivity index (χ4v) is 3.48. The fraction of sp³-hybridized carbons (Fsp3) is 0.389. The Balaban J connectivity index is 1.58. The number of ether oxygens (including phenoxy) is 2. The Morgan fingerprint density at radius 2 is 2.32 bits per heavy atom. The number of pyridine rings is 1. The summed E-state index contributed by atoms with van der Waals surface area (Å²) in [5, 5.41) is 4.87. The van der Waals surface area contributed by atoms with Gasteiger partial charge in [-0.25, -0.2) is 4.98 Å². The Kier molecular flexibility index (Phi) is 5.78. The van der Waals surface area contributed by atoms with Gasteiger partial charge in [0.05, 0.1) is 23.9 Å². The number of hydrogen-bond acceptors (Lipinski definition) is 6. The zero-order valence-corrected chi connectivity index (χ0v) is 14.8. The molecule has 25 heavy (non-hydrogen) atoms. The van der Waals surface area contributed by atoms with Crippen LogP contribution >= 0.6 is 11.3 Å². The summed E-state index contributed by atoms with van der Waals surface area (Å²) < 4.78 is 11.3. The van der Waals surface area contributed by atoms with Crippen molar-refractivity contribution >= 4 is 23.0 Å². The molecule has 0 aliphatic carbocycles. The smallest absolute Gasteiger partial charge is 0.224 e. The van der Waals surface area contributed by atoms with Crippen molar-refractivity contribution < 1.29 is 19.1 Å². The standard InChI is InChI=1S/C18H20N2O4S/c1-12(21)16-8-13(11-25-16)9-17(22)20-14-5-7-23-10-15(14)24-18-4-2-3-6-19-18/h2-4,6,8,11,14-15H,5,7,9-10H2,1H3,(H,20,22)/t14-,15-/m1/s1. The number of aromatic nitrogens is 1. The summed E-state index contributed by atoms with van der Waals surface area (Å²) in [5.74, 6) is 0.445. The van der Waals surface area contributed by atoms with Gasteiger partial charge in [-0.05, 0) is 36.4 Å². The Bertz CT molecular complexity index is 732. The van der Waals surface area contributed by atoms with Gasteiger partial charge in [-0.1, -0.05) is 6.07 Å². The molecule has 2 aromatic rings. The number of hydrogen-bond donors (Lipinski definition) is 1. The average molecular weight is 360 g/mol. The van der Waals surface area contributed by atoms with Crippen molar-refractivity contribution in [3.8, 4) is 5.88 Å². The number of nitrogens with one attached hydrogen (secondary N) is 1. The van der Waals surface area contributed by atoms with Gasteiger partial charge in [0.25, 0.3) is 0 Å². The summed E-state index contributed by atoms with van der Waals surface area (Å²) in [4.78, 5) is 28.5. The van der Waals surface area contributed by atoms with Gasteiger partial charge >= 0.3 is 0 Å². The van der Waals surface area contributed by atoms with Gasteiger partial charge < -0.3 is 14.8 Å². The largest absolute Gasteiger partial charge is 0.470 e. The first kappa shape index (κ1) is 17.6. The van der Waals surface area contributed by atoms with E-state index in [-0.39, 0.29) is 30.3 Å². The molecule has 0 bridgehead atoms. The van der Waals surface area contributed by atoms with Crippen molar-refractivity contribution in [3.05, 3.63) is 46.3 Å². The number of ketones is 1. The van der Waals surface area contributed by atoms with Crippen molar-refractivity contribution in [1.82, 2.24) is 10.3 Å². The lowest BCUT2D eigenvalue weighted by atomic mass is 10.1. The summed E-state index contributed by atoms with van der Waals surface area (Å²) in [5.41, 5.74) is 0.849. The van der Waals surface area contributed by atoms with Gasteiger partial charge in [-0.2, -0.15) is 0 Å². The lowest BCUT2D eigenvalue weighted by Crippen LogP contribution is -2.51. The number of nitrogens with zero attached hydrogens (tertiary/aromatic N) is 1. The average Bonchev–Trinajstić information content (AvgIpc) is 3.06. The molecule has 2 atom stereocenters. The molecule has 6 nitrogen and oxygen atoms in total. The van der Waals surface area contributed by atoms with E-state index < -0.39 is 0 Å². The molecular weight excluding hydrogens is 340 g/mol. The van der Waals surface area contributed by atoms with E-state index >= 15 is 0 Å². The van der Waals surface area contributed by atoms with Crippen molar-refractivity contribution in [1.29, 1.82) is 0 Å². The van der Waals surface area contributed by atoms with Crippen LogP contribution in [0.1, 0.15) is 28.6 Å².